The first-order valence-corrected chi connectivity index (χ1v) is 6.30. The van der Waals surface area contributed by atoms with Crippen molar-refractivity contribution in [1.82, 2.24) is 20.4 Å². The quantitative estimate of drug-likeness (QED) is 0.644. The van der Waals surface area contributed by atoms with Gasteiger partial charge in [0, 0.05) is 25.4 Å². The Hall–Kier alpha value is -2.05. The van der Waals surface area contributed by atoms with Crippen LogP contribution in [-0.4, -0.2) is 33.4 Å². The number of amides is 2. The molecule has 0 aliphatic rings. The molecular formula is C12H20N4O3. The lowest BCUT2D eigenvalue weighted by atomic mass is 10.1. The van der Waals surface area contributed by atoms with Crippen LogP contribution in [0.2, 0.25) is 0 Å². The summed E-state index contributed by atoms with van der Waals surface area (Å²) in [5, 5.41) is 18.1. The average molecular weight is 268 g/mol. The topological polar surface area (TPSA) is 96.2 Å². The Bertz CT molecular complexity index is 430. The smallest absolute Gasteiger partial charge is 0.331 e. The van der Waals surface area contributed by atoms with E-state index >= 15 is 0 Å². The molecule has 7 nitrogen and oxygen atoms in total. The van der Waals surface area contributed by atoms with Gasteiger partial charge >= 0.3 is 12.0 Å². The molecule has 0 saturated heterocycles. The van der Waals surface area contributed by atoms with Crippen LogP contribution >= 0.6 is 0 Å². The monoisotopic (exact) mass is 268 g/mol. The van der Waals surface area contributed by atoms with Gasteiger partial charge in [-0.2, -0.15) is 5.10 Å². The van der Waals surface area contributed by atoms with Crippen molar-refractivity contribution in [3.8, 4) is 0 Å². The van der Waals surface area contributed by atoms with Crippen molar-refractivity contribution in [1.29, 1.82) is 0 Å². The Kier molecular flexibility index (Phi) is 5.84. The molecule has 0 radical (unpaired) electrons. The maximum Gasteiger partial charge on any atom is 0.331 e. The number of carboxylic acids is 1. The molecular weight excluding hydrogens is 248 g/mol. The molecule has 1 atom stereocenters. The lowest BCUT2D eigenvalue weighted by Gasteiger charge is -2.13. The molecule has 0 aliphatic carbocycles. The van der Waals surface area contributed by atoms with Crippen LogP contribution in [0.15, 0.2) is 12.4 Å². The molecule has 7 heteroatoms. The number of aliphatic carboxylic acids is 1. The van der Waals surface area contributed by atoms with Gasteiger partial charge in [-0.15, -0.1) is 0 Å². The number of unbranched alkanes of at least 4 members (excludes halogenated alkanes) is 2. The molecule has 1 rings (SSSR count). The van der Waals surface area contributed by atoms with E-state index in [-0.39, 0.29) is 0 Å². The Balaban J connectivity index is 2.50. The molecule has 1 aromatic rings. The highest BCUT2D eigenvalue weighted by molar-refractivity contribution is 5.83. The number of hydrogen-bond donors (Lipinski definition) is 3. The van der Waals surface area contributed by atoms with Crippen LogP contribution in [0.5, 0.6) is 0 Å². The number of nitrogens with zero attached hydrogens (tertiary/aromatic N) is 2. The number of nitrogens with one attached hydrogen (secondary N) is 2. The average Bonchev–Trinajstić information content (AvgIpc) is 2.78. The minimum atomic E-state index is -1.11. The summed E-state index contributed by atoms with van der Waals surface area (Å²) in [4.78, 5) is 22.7. The van der Waals surface area contributed by atoms with Crippen molar-refractivity contribution in [3.63, 3.8) is 0 Å². The molecule has 3 N–H and O–H groups in total. The largest absolute Gasteiger partial charge is 0.479 e. The molecule has 0 aliphatic heterocycles. The summed E-state index contributed by atoms with van der Waals surface area (Å²) < 4.78 is 1.49. The molecule has 106 valence electrons. The second-order valence-corrected chi connectivity index (χ2v) is 4.33. The van der Waals surface area contributed by atoms with Crippen molar-refractivity contribution in [3.05, 3.63) is 18.0 Å². The van der Waals surface area contributed by atoms with Gasteiger partial charge in [0.2, 0.25) is 0 Å². The third-order valence-corrected chi connectivity index (χ3v) is 2.65. The van der Waals surface area contributed by atoms with Gasteiger partial charge in [-0.1, -0.05) is 19.8 Å². The van der Waals surface area contributed by atoms with E-state index in [0.29, 0.717) is 12.1 Å². The summed E-state index contributed by atoms with van der Waals surface area (Å²) in [6.07, 6.45) is 5.98. The second-order valence-electron chi connectivity index (χ2n) is 4.33. The Morgan fingerprint density at radius 2 is 2.21 bits per heavy atom. The van der Waals surface area contributed by atoms with Crippen LogP contribution < -0.4 is 10.6 Å². The van der Waals surface area contributed by atoms with Crippen LogP contribution in [0.1, 0.15) is 37.8 Å². The van der Waals surface area contributed by atoms with Gasteiger partial charge in [0.1, 0.15) is 0 Å². The van der Waals surface area contributed by atoms with Crippen molar-refractivity contribution in [2.45, 2.75) is 32.2 Å². The molecule has 1 heterocycles. The van der Waals surface area contributed by atoms with Crippen molar-refractivity contribution >= 4 is 12.0 Å². The zero-order valence-corrected chi connectivity index (χ0v) is 11.2. The first kappa shape index (κ1) is 15.0. The number of aromatic nitrogens is 2. The first-order chi connectivity index (χ1) is 9.04. The van der Waals surface area contributed by atoms with Crippen LogP contribution in [0.3, 0.4) is 0 Å². The van der Waals surface area contributed by atoms with Crippen LogP contribution in [0, 0.1) is 0 Å². The minimum absolute atomic E-state index is 0.443. The van der Waals surface area contributed by atoms with Crippen LogP contribution in [-0.2, 0) is 11.8 Å². The van der Waals surface area contributed by atoms with Crippen LogP contribution in [0.25, 0.3) is 0 Å². The van der Waals surface area contributed by atoms with Gasteiger partial charge in [0.15, 0.2) is 6.04 Å². The summed E-state index contributed by atoms with van der Waals surface area (Å²) in [5.41, 5.74) is 0.443. The summed E-state index contributed by atoms with van der Waals surface area (Å²) in [5.74, 6) is -1.11. The SMILES string of the molecule is CCCCCNC(=O)NC(C(=O)O)c1cnn(C)c1. The van der Waals surface area contributed by atoms with E-state index in [4.69, 9.17) is 5.11 Å². The lowest BCUT2D eigenvalue weighted by Crippen LogP contribution is -2.41. The fourth-order valence-corrected chi connectivity index (χ4v) is 1.64. The number of aryl methyl sites for hydroxylation is 1. The minimum Gasteiger partial charge on any atom is -0.479 e. The van der Waals surface area contributed by atoms with Gasteiger partial charge in [-0.05, 0) is 6.42 Å². The molecule has 0 spiro atoms. The standard InChI is InChI=1S/C12H20N4O3/c1-3-4-5-6-13-12(19)15-10(11(17)18)9-7-14-16(2)8-9/h7-8,10H,3-6H2,1-2H3,(H,17,18)(H2,13,15,19). The fourth-order valence-electron chi connectivity index (χ4n) is 1.64. The Morgan fingerprint density at radius 3 is 2.74 bits per heavy atom. The number of carbonyl (C=O) groups excluding carboxylic acids is 1. The van der Waals surface area contributed by atoms with E-state index < -0.39 is 18.0 Å². The molecule has 1 unspecified atom stereocenters. The van der Waals surface area contributed by atoms with E-state index in [1.54, 1.807) is 13.2 Å². The molecule has 0 aromatic carbocycles. The van der Waals surface area contributed by atoms with Gasteiger partial charge in [0.25, 0.3) is 0 Å². The highest BCUT2D eigenvalue weighted by Gasteiger charge is 2.23. The molecule has 1 aromatic heterocycles. The van der Waals surface area contributed by atoms with E-state index in [9.17, 15) is 9.59 Å². The number of rotatable bonds is 7. The predicted molar refractivity (Wildman–Crippen MR) is 69.6 cm³/mol. The number of hydrogen-bond acceptors (Lipinski definition) is 3. The molecule has 0 saturated carbocycles. The zero-order valence-electron chi connectivity index (χ0n) is 11.2. The highest BCUT2D eigenvalue weighted by Crippen LogP contribution is 2.11. The summed E-state index contributed by atoms with van der Waals surface area (Å²) in [6.45, 7) is 2.61. The summed E-state index contributed by atoms with van der Waals surface area (Å²) in [7, 11) is 1.69. The van der Waals surface area contributed by atoms with Crippen LogP contribution in [0.4, 0.5) is 4.79 Å². The lowest BCUT2D eigenvalue weighted by molar-refractivity contribution is -0.139. The number of urea groups is 1. The third-order valence-electron chi connectivity index (χ3n) is 2.65. The maximum absolute atomic E-state index is 11.6. The second kappa shape index (κ2) is 7.40. The normalized spacial score (nSPS) is 11.9. The van der Waals surface area contributed by atoms with Crippen molar-refractivity contribution < 1.29 is 14.7 Å². The van der Waals surface area contributed by atoms with Gasteiger partial charge in [0.05, 0.1) is 6.20 Å². The van der Waals surface area contributed by atoms with Gasteiger partial charge in [-0.3, -0.25) is 4.68 Å². The van der Waals surface area contributed by atoms with E-state index in [2.05, 4.69) is 22.7 Å². The third kappa shape index (κ3) is 4.99. The first-order valence-electron chi connectivity index (χ1n) is 6.30. The fraction of sp³-hybridized carbons (Fsp3) is 0.583. The van der Waals surface area contributed by atoms with E-state index in [1.807, 2.05) is 0 Å². The predicted octanol–water partition coefficient (Wildman–Crippen LogP) is 1.04. The Morgan fingerprint density at radius 1 is 1.47 bits per heavy atom. The number of carbonyl (C=O) groups is 2. The van der Waals surface area contributed by atoms with Gasteiger partial charge < -0.3 is 15.7 Å². The molecule has 2 amide bonds. The highest BCUT2D eigenvalue weighted by atomic mass is 16.4. The summed E-state index contributed by atoms with van der Waals surface area (Å²) in [6, 6.07) is -1.56. The van der Waals surface area contributed by atoms with Gasteiger partial charge in [-0.25, -0.2) is 9.59 Å². The molecule has 19 heavy (non-hydrogen) atoms. The van der Waals surface area contributed by atoms with E-state index in [1.165, 1.54) is 10.9 Å². The van der Waals surface area contributed by atoms with Crippen molar-refractivity contribution in [2.75, 3.05) is 6.54 Å². The van der Waals surface area contributed by atoms with Crippen molar-refractivity contribution in [2.24, 2.45) is 7.05 Å². The Labute approximate surface area is 112 Å². The maximum atomic E-state index is 11.6. The summed E-state index contributed by atoms with van der Waals surface area (Å²) >= 11 is 0. The molecule has 0 bridgehead atoms. The molecule has 0 fully saturated rings. The zero-order chi connectivity index (χ0) is 14.3. The van der Waals surface area contributed by atoms with E-state index in [0.717, 1.165) is 19.3 Å². The number of carboxylic acid groups (broad SMARTS) is 1.